The third-order valence-electron chi connectivity index (χ3n) is 1.69. The van der Waals surface area contributed by atoms with Crippen molar-refractivity contribution in [2.24, 2.45) is 0 Å². The zero-order chi connectivity index (χ0) is 10.7. The van der Waals surface area contributed by atoms with Crippen molar-refractivity contribution >= 4 is 33.5 Å². The van der Waals surface area contributed by atoms with Crippen LogP contribution in [0.15, 0.2) is 16.6 Å². The molecule has 0 amide bonds. The van der Waals surface area contributed by atoms with Crippen molar-refractivity contribution < 1.29 is 14.3 Å². The Morgan fingerprint density at radius 2 is 2.21 bits per heavy atom. The van der Waals surface area contributed by atoms with Gasteiger partial charge in [-0.3, -0.25) is 4.79 Å². The Bertz CT molecular complexity index is 345. The summed E-state index contributed by atoms with van der Waals surface area (Å²) in [4.78, 5) is 10.3. The van der Waals surface area contributed by atoms with E-state index in [0.29, 0.717) is 10.0 Å². The van der Waals surface area contributed by atoms with Crippen molar-refractivity contribution in [3.8, 4) is 0 Å². The predicted octanol–water partition coefficient (Wildman–Crippen LogP) is 3.26. The van der Waals surface area contributed by atoms with Gasteiger partial charge in [0.05, 0.1) is 0 Å². The Balaban J connectivity index is 2.91. The maximum Gasteiger partial charge on any atom is 0.303 e. The number of carboxylic acid groups (broad SMARTS) is 1. The van der Waals surface area contributed by atoms with Gasteiger partial charge in [-0.15, -0.1) is 0 Å². The van der Waals surface area contributed by atoms with Crippen molar-refractivity contribution in [2.75, 3.05) is 0 Å². The summed E-state index contributed by atoms with van der Waals surface area (Å²) < 4.78 is 13.8. The Kier molecular flexibility index (Phi) is 3.89. The summed E-state index contributed by atoms with van der Waals surface area (Å²) in [6, 6.07) is 2.71. The Hall–Kier alpha value is -0.610. The summed E-state index contributed by atoms with van der Waals surface area (Å²) in [5, 5.41) is 8.73. The SMILES string of the molecule is O=C(O)CCc1c(F)cc(Cl)cc1Br. The van der Waals surface area contributed by atoms with E-state index in [-0.39, 0.29) is 17.9 Å². The number of benzene rings is 1. The van der Waals surface area contributed by atoms with Gasteiger partial charge >= 0.3 is 5.97 Å². The van der Waals surface area contributed by atoms with Gasteiger partial charge in [-0.2, -0.15) is 0 Å². The summed E-state index contributed by atoms with van der Waals surface area (Å²) in [5.41, 5.74) is 0.344. The van der Waals surface area contributed by atoms with Gasteiger partial charge in [0.15, 0.2) is 0 Å². The van der Waals surface area contributed by atoms with Crippen molar-refractivity contribution in [3.05, 3.63) is 33.0 Å². The van der Waals surface area contributed by atoms with Crippen LogP contribution in [-0.2, 0) is 11.2 Å². The standard InChI is InChI=1S/C9H7BrClFO2/c10-7-3-5(11)4-8(12)6(7)1-2-9(13)14/h3-4H,1-2H2,(H,13,14). The molecular weight excluding hydrogens is 274 g/mol. The number of carboxylic acids is 1. The van der Waals surface area contributed by atoms with Gasteiger partial charge in [0.1, 0.15) is 5.82 Å². The molecule has 0 spiro atoms. The third kappa shape index (κ3) is 2.96. The second-order valence-corrected chi connectivity index (χ2v) is 4.03. The Morgan fingerprint density at radius 1 is 1.57 bits per heavy atom. The van der Waals surface area contributed by atoms with E-state index in [0.717, 1.165) is 0 Å². The number of halogens is 3. The van der Waals surface area contributed by atoms with Gasteiger partial charge in [0.25, 0.3) is 0 Å². The van der Waals surface area contributed by atoms with Gasteiger partial charge in [0.2, 0.25) is 0 Å². The molecule has 1 N–H and O–H groups in total. The third-order valence-corrected chi connectivity index (χ3v) is 2.62. The van der Waals surface area contributed by atoms with E-state index < -0.39 is 11.8 Å². The minimum atomic E-state index is -0.953. The summed E-state index contributed by atoms with van der Waals surface area (Å²) >= 11 is 8.73. The van der Waals surface area contributed by atoms with Crippen LogP contribution in [0.3, 0.4) is 0 Å². The molecule has 0 bridgehead atoms. The van der Waals surface area contributed by atoms with E-state index in [4.69, 9.17) is 16.7 Å². The molecule has 5 heteroatoms. The summed E-state index contributed by atoms with van der Waals surface area (Å²) in [7, 11) is 0. The monoisotopic (exact) mass is 280 g/mol. The zero-order valence-electron chi connectivity index (χ0n) is 7.06. The smallest absolute Gasteiger partial charge is 0.303 e. The fraction of sp³-hybridized carbons (Fsp3) is 0.222. The van der Waals surface area contributed by atoms with Gasteiger partial charge in [-0.05, 0) is 18.6 Å². The molecule has 0 unspecified atom stereocenters. The quantitative estimate of drug-likeness (QED) is 0.923. The number of aliphatic carboxylic acids is 1. The van der Waals surface area contributed by atoms with E-state index in [1.165, 1.54) is 6.07 Å². The van der Waals surface area contributed by atoms with E-state index in [2.05, 4.69) is 15.9 Å². The molecule has 0 aromatic heterocycles. The molecule has 1 aromatic carbocycles. The molecule has 0 saturated carbocycles. The second-order valence-electron chi connectivity index (χ2n) is 2.74. The lowest BCUT2D eigenvalue weighted by Gasteiger charge is -2.04. The van der Waals surface area contributed by atoms with E-state index in [1.807, 2.05) is 0 Å². The molecule has 0 heterocycles. The van der Waals surface area contributed by atoms with Crippen LogP contribution in [0.5, 0.6) is 0 Å². The molecule has 14 heavy (non-hydrogen) atoms. The van der Waals surface area contributed by atoms with Crippen LogP contribution in [0.4, 0.5) is 4.39 Å². The first kappa shape index (κ1) is 11.5. The molecule has 76 valence electrons. The van der Waals surface area contributed by atoms with Gasteiger partial charge in [-0.25, -0.2) is 4.39 Å². The van der Waals surface area contributed by atoms with Gasteiger partial charge < -0.3 is 5.11 Å². The van der Waals surface area contributed by atoms with Crippen molar-refractivity contribution in [2.45, 2.75) is 12.8 Å². The predicted molar refractivity (Wildman–Crippen MR) is 55.1 cm³/mol. The minimum absolute atomic E-state index is 0.100. The first-order valence-corrected chi connectivity index (χ1v) is 5.03. The normalized spacial score (nSPS) is 10.2. The largest absolute Gasteiger partial charge is 0.481 e. The molecular formula is C9H7BrClFO2. The van der Waals surface area contributed by atoms with Crippen molar-refractivity contribution in [3.63, 3.8) is 0 Å². The second kappa shape index (κ2) is 4.75. The van der Waals surface area contributed by atoms with Crippen LogP contribution in [0.25, 0.3) is 0 Å². The lowest BCUT2D eigenvalue weighted by atomic mass is 10.1. The van der Waals surface area contributed by atoms with E-state index in [1.54, 1.807) is 6.07 Å². The average molecular weight is 282 g/mol. The maximum atomic E-state index is 13.3. The highest BCUT2D eigenvalue weighted by atomic mass is 79.9. The molecule has 2 nitrogen and oxygen atoms in total. The van der Waals surface area contributed by atoms with Gasteiger partial charge in [-0.1, -0.05) is 27.5 Å². The Morgan fingerprint density at radius 3 is 2.71 bits per heavy atom. The number of hydrogen-bond donors (Lipinski definition) is 1. The number of hydrogen-bond acceptors (Lipinski definition) is 1. The van der Waals surface area contributed by atoms with Crippen LogP contribution in [0.1, 0.15) is 12.0 Å². The average Bonchev–Trinajstić information content (AvgIpc) is 2.01. The molecule has 0 aliphatic rings. The molecule has 1 rings (SSSR count). The summed E-state index contributed by atoms with van der Waals surface area (Å²) in [6.07, 6.45) is 0.0517. The summed E-state index contributed by atoms with van der Waals surface area (Å²) in [5.74, 6) is -1.43. The van der Waals surface area contributed by atoms with Crippen LogP contribution in [0, 0.1) is 5.82 Å². The van der Waals surface area contributed by atoms with Crippen LogP contribution in [0.2, 0.25) is 5.02 Å². The minimum Gasteiger partial charge on any atom is -0.481 e. The zero-order valence-corrected chi connectivity index (χ0v) is 9.40. The molecule has 0 radical (unpaired) electrons. The lowest BCUT2D eigenvalue weighted by Crippen LogP contribution is -2.00. The van der Waals surface area contributed by atoms with Crippen molar-refractivity contribution in [1.82, 2.24) is 0 Å². The highest BCUT2D eigenvalue weighted by molar-refractivity contribution is 9.10. The van der Waals surface area contributed by atoms with E-state index >= 15 is 0 Å². The first-order chi connectivity index (χ1) is 6.50. The summed E-state index contributed by atoms with van der Waals surface area (Å²) in [6.45, 7) is 0. The molecule has 0 aliphatic carbocycles. The van der Waals surface area contributed by atoms with Crippen molar-refractivity contribution in [1.29, 1.82) is 0 Å². The molecule has 0 aliphatic heterocycles. The van der Waals surface area contributed by atoms with Crippen LogP contribution in [-0.4, -0.2) is 11.1 Å². The maximum absolute atomic E-state index is 13.3. The first-order valence-electron chi connectivity index (χ1n) is 3.86. The van der Waals surface area contributed by atoms with Gasteiger partial charge in [0, 0.05) is 21.5 Å². The molecule has 0 fully saturated rings. The molecule has 0 saturated heterocycles. The highest BCUT2D eigenvalue weighted by Crippen LogP contribution is 2.25. The highest BCUT2D eigenvalue weighted by Gasteiger charge is 2.10. The van der Waals surface area contributed by atoms with Crippen LogP contribution >= 0.6 is 27.5 Å². The molecule has 0 atom stereocenters. The van der Waals surface area contributed by atoms with E-state index in [9.17, 15) is 9.18 Å². The topological polar surface area (TPSA) is 37.3 Å². The fourth-order valence-electron chi connectivity index (χ4n) is 1.04. The lowest BCUT2D eigenvalue weighted by molar-refractivity contribution is -0.136. The Labute approximate surface area is 93.8 Å². The fourth-order valence-corrected chi connectivity index (χ4v) is 2.01. The number of rotatable bonds is 3. The van der Waals surface area contributed by atoms with Crippen LogP contribution < -0.4 is 0 Å². The number of carbonyl (C=O) groups is 1. The molecule has 1 aromatic rings.